The summed E-state index contributed by atoms with van der Waals surface area (Å²) in [5.74, 6) is 0.140. The fraction of sp³-hybridized carbons (Fsp3) is 0.391. The van der Waals surface area contributed by atoms with E-state index in [1.807, 2.05) is 47.4 Å². The summed E-state index contributed by atoms with van der Waals surface area (Å²) >= 11 is 0. The smallest absolute Gasteiger partial charge is 0.253 e. The van der Waals surface area contributed by atoms with Crippen LogP contribution in [0.15, 0.2) is 48.5 Å². The van der Waals surface area contributed by atoms with Gasteiger partial charge in [0.25, 0.3) is 5.91 Å². The molecule has 2 fully saturated rings. The second-order valence-electron chi connectivity index (χ2n) is 8.09. The Hall–Kier alpha value is -2.64. The Kier molecular flexibility index (Phi) is 4.72. The van der Waals surface area contributed by atoms with Gasteiger partial charge in [0.05, 0.1) is 11.6 Å². The number of nitriles is 1. The molecule has 1 amide bonds. The molecular formula is C23H25N3O. The van der Waals surface area contributed by atoms with Gasteiger partial charge in [-0.25, -0.2) is 0 Å². The van der Waals surface area contributed by atoms with Crippen molar-refractivity contribution in [1.29, 1.82) is 5.26 Å². The summed E-state index contributed by atoms with van der Waals surface area (Å²) in [5, 5.41) is 9.07. The van der Waals surface area contributed by atoms with Crippen molar-refractivity contribution in [3.63, 3.8) is 0 Å². The van der Waals surface area contributed by atoms with Crippen molar-refractivity contribution in [2.24, 2.45) is 5.41 Å². The van der Waals surface area contributed by atoms with Crippen molar-refractivity contribution >= 4 is 5.91 Å². The van der Waals surface area contributed by atoms with Gasteiger partial charge in [-0.3, -0.25) is 4.79 Å². The summed E-state index contributed by atoms with van der Waals surface area (Å²) in [5.41, 5.74) is 3.71. The number of piperidine rings is 1. The minimum Gasteiger partial charge on any atom is -0.338 e. The monoisotopic (exact) mass is 359 g/mol. The predicted molar refractivity (Wildman–Crippen MR) is 106 cm³/mol. The maximum atomic E-state index is 13.0. The molecule has 2 aliphatic rings. The molecule has 2 aromatic carbocycles. The Bertz CT molecular complexity index is 879. The van der Waals surface area contributed by atoms with E-state index >= 15 is 0 Å². The molecule has 0 saturated carbocycles. The normalized spacial score (nSPS) is 22.7. The van der Waals surface area contributed by atoms with Gasteiger partial charge < -0.3 is 9.80 Å². The minimum absolute atomic E-state index is 0.140. The Morgan fingerprint density at radius 1 is 1.04 bits per heavy atom. The van der Waals surface area contributed by atoms with Crippen LogP contribution in [0, 0.1) is 16.7 Å². The molecule has 0 aromatic heterocycles. The molecule has 0 unspecified atom stereocenters. The number of amides is 1. The largest absolute Gasteiger partial charge is 0.338 e. The van der Waals surface area contributed by atoms with E-state index in [9.17, 15) is 4.79 Å². The summed E-state index contributed by atoms with van der Waals surface area (Å²) in [6.07, 6.45) is 3.52. The standard InChI is InChI=1S/C23H25N3O/c1-25-13-11-23(16-25)10-3-12-26(17-23)22(27)20-8-6-19(7-9-20)21-5-2-4-18(14-21)15-24/h2,4-9,14H,3,10-13,16-17H2,1H3/t23-/m1/s1. The molecule has 1 spiro atoms. The van der Waals surface area contributed by atoms with Gasteiger partial charge in [-0.1, -0.05) is 24.3 Å². The molecular weight excluding hydrogens is 334 g/mol. The zero-order valence-electron chi connectivity index (χ0n) is 15.8. The second kappa shape index (κ2) is 7.17. The molecule has 0 N–H and O–H groups in total. The topological polar surface area (TPSA) is 47.3 Å². The van der Waals surface area contributed by atoms with Gasteiger partial charge in [0.15, 0.2) is 0 Å². The van der Waals surface area contributed by atoms with Gasteiger partial charge in [-0.15, -0.1) is 0 Å². The highest BCUT2D eigenvalue weighted by molar-refractivity contribution is 5.94. The van der Waals surface area contributed by atoms with Crippen LogP contribution in [0.3, 0.4) is 0 Å². The number of benzene rings is 2. The summed E-state index contributed by atoms with van der Waals surface area (Å²) < 4.78 is 0. The third-order valence-corrected chi connectivity index (χ3v) is 6.03. The van der Waals surface area contributed by atoms with Crippen LogP contribution in [0.1, 0.15) is 35.2 Å². The molecule has 4 heteroatoms. The first-order valence-electron chi connectivity index (χ1n) is 9.67. The van der Waals surface area contributed by atoms with Crippen LogP contribution >= 0.6 is 0 Å². The van der Waals surface area contributed by atoms with Crippen molar-refractivity contribution < 1.29 is 4.79 Å². The summed E-state index contributed by atoms with van der Waals surface area (Å²) in [6.45, 7) is 3.97. The number of likely N-dealkylation sites (tertiary alicyclic amines) is 2. The molecule has 1 atom stereocenters. The van der Waals surface area contributed by atoms with E-state index in [0.717, 1.165) is 49.3 Å². The average Bonchev–Trinajstić information content (AvgIpc) is 3.07. The minimum atomic E-state index is 0.140. The maximum Gasteiger partial charge on any atom is 0.253 e. The maximum absolute atomic E-state index is 13.0. The highest BCUT2D eigenvalue weighted by Crippen LogP contribution is 2.38. The van der Waals surface area contributed by atoms with E-state index in [1.165, 1.54) is 12.8 Å². The van der Waals surface area contributed by atoms with E-state index in [0.29, 0.717) is 11.0 Å². The lowest BCUT2D eigenvalue weighted by Gasteiger charge is -2.40. The highest BCUT2D eigenvalue weighted by Gasteiger charge is 2.41. The zero-order chi connectivity index (χ0) is 18.9. The van der Waals surface area contributed by atoms with Crippen LogP contribution in [0.5, 0.6) is 0 Å². The number of carbonyl (C=O) groups excluding carboxylic acids is 1. The number of rotatable bonds is 2. The molecule has 2 saturated heterocycles. The highest BCUT2D eigenvalue weighted by atomic mass is 16.2. The van der Waals surface area contributed by atoms with Gasteiger partial charge in [0.2, 0.25) is 0 Å². The van der Waals surface area contributed by atoms with E-state index in [4.69, 9.17) is 5.26 Å². The lowest BCUT2D eigenvalue weighted by Crippen LogP contribution is -2.47. The first-order chi connectivity index (χ1) is 13.1. The van der Waals surface area contributed by atoms with Crippen LogP contribution < -0.4 is 0 Å². The van der Waals surface area contributed by atoms with Crippen LogP contribution in [0.25, 0.3) is 11.1 Å². The number of nitrogens with zero attached hydrogens (tertiary/aromatic N) is 3. The molecule has 0 bridgehead atoms. The van der Waals surface area contributed by atoms with Gasteiger partial charge in [0.1, 0.15) is 0 Å². The second-order valence-corrected chi connectivity index (χ2v) is 8.09. The average molecular weight is 359 g/mol. The lowest BCUT2D eigenvalue weighted by atomic mass is 9.79. The van der Waals surface area contributed by atoms with Gasteiger partial charge in [-0.05, 0) is 68.2 Å². The molecule has 4 nitrogen and oxygen atoms in total. The Labute approximate surface area is 161 Å². The van der Waals surface area contributed by atoms with Crippen LogP contribution in [-0.2, 0) is 0 Å². The third-order valence-electron chi connectivity index (χ3n) is 6.03. The fourth-order valence-electron chi connectivity index (χ4n) is 4.63. The molecule has 138 valence electrons. The first kappa shape index (κ1) is 17.8. The van der Waals surface area contributed by atoms with Crippen LogP contribution in [0.2, 0.25) is 0 Å². The molecule has 0 aliphatic carbocycles. The fourth-order valence-corrected chi connectivity index (χ4v) is 4.63. The Balaban J connectivity index is 1.50. The molecule has 0 radical (unpaired) electrons. The van der Waals surface area contributed by atoms with E-state index in [2.05, 4.69) is 18.0 Å². The van der Waals surface area contributed by atoms with Gasteiger partial charge in [-0.2, -0.15) is 5.26 Å². The van der Waals surface area contributed by atoms with E-state index in [-0.39, 0.29) is 5.91 Å². The molecule has 27 heavy (non-hydrogen) atoms. The summed E-state index contributed by atoms with van der Waals surface area (Å²) in [7, 11) is 2.18. The number of hydrogen-bond acceptors (Lipinski definition) is 3. The van der Waals surface area contributed by atoms with Crippen LogP contribution in [0.4, 0.5) is 0 Å². The summed E-state index contributed by atoms with van der Waals surface area (Å²) in [4.78, 5) is 17.5. The first-order valence-corrected chi connectivity index (χ1v) is 9.67. The predicted octanol–water partition coefficient (Wildman–Crippen LogP) is 3.78. The Morgan fingerprint density at radius 3 is 2.56 bits per heavy atom. The van der Waals surface area contributed by atoms with Crippen molar-refractivity contribution in [2.75, 3.05) is 33.2 Å². The Morgan fingerprint density at radius 2 is 1.85 bits per heavy atom. The van der Waals surface area contributed by atoms with Crippen molar-refractivity contribution in [3.8, 4) is 17.2 Å². The molecule has 2 aromatic rings. The molecule has 4 rings (SSSR count). The number of carbonyl (C=O) groups is 1. The van der Waals surface area contributed by atoms with E-state index in [1.54, 1.807) is 6.07 Å². The van der Waals surface area contributed by atoms with Gasteiger partial charge in [0, 0.05) is 30.6 Å². The SMILES string of the molecule is CN1CC[C@]2(CCCN(C(=O)c3ccc(-c4cccc(C#N)c4)cc3)C2)C1. The zero-order valence-corrected chi connectivity index (χ0v) is 15.8. The number of hydrogen-bond donors (Lipinski definition) is 0. The van der Waals surface area contributed by atoms with Crippen molar-refractivity contribution in [1.82, 2.24) is 9.80 Å². The lowest BCUT2D eigenvalue weighted by molar-refractivity contribution is 0.0534. The van der Waals surface area contributed by atoms with Crippen LogP contribution in [-0.4, -0.2) is 48.9 Å². The van der Waals surface area contributed by atoms with E-state index < -0.39 is 0 Å². The quantitative estimate of drug-likeness (QED) is 0.820. The summed E-state index contributed by atoms with van der Waals surface area (Å²) in [6, 6.07) is 17.5. The van der Waals surface area contributed by atoms with Crippen molar-refractivity contribution in [2.45, 2.75) is 19.3 Å². The van der Waals surface area contributed by atoms with Gasteiger partial charge >= 0.3 is 0 Å². The molecule has 2 heterocycles. The van der Waals surface area contributed by atoms with Crippen molar-refractivity contribution in [3.05, 3.63) is 59.7 Å². The molecule has 2 aliphatic heterocycles. The third kappa shape index (κ3) is 3.61.